The third-order valence-corrected chi connectivity index (χ3v) is 5.43. The summed E-state index contributed by atoms with van der Waals surface area (Å²) in [6, 6.07) is 17.1. The molecule has 7 nitrogen and oxygen atoms in total. The zero-order valence-electron chi connectivity index (χ0n) is 16.4. The highest BCUT2D eigenvalue weighted by molar-refractivity contribution is 7.12. The van der Waals surface area contributed by atoms with Crippen molar-refractivity contribution in [2.45, 2.75) is 6.10 Å². The van der Waals surface area contributed by atoms with Crippen molar-refractivity contribution in [3.63, 3.8) is 0 Å². The van der Waals surface area contributed by atoms with Crippen LogP contribution in [0.2, 0.25) is 0 Å². The minimum absolute atomic E-state index is 0.120. The van der Waals surface area contributed by atoms with Gasteiger partial charge in [0.2, 0.25) is 5.78 Å². The van der Waals surface area contributed by atoms with E-state index in [1.165, 1.54) is 17.4 Å². The van der Waals surface area contributed by atoms with E-state index in [0.29, 0.717) is 23.0 Å². The van der Waals surface area contributed by atoms with Crippen molar-refractivity contribution < 1.29 is 28.6 Å². The molecular formula is C23H19NO6S. The van der Waals surface area contributed by atoms with E-state index in [-0.39, 0.29) is 29.6 Å². The average molecular weight is 437 g/mol. The number of hydrogen-bond acceptors (Lipinski definition) is 7. The van der Waals surface area contributed by atoms with Gasteiger partial charge in [-0.1, -0.05) is 36.4 Å². The summed E-state index contributed by atoms with van der Waals surface area (Å²) in [5.41, 5.74) is 0.357. The smallest absolute Gasteiger partial charge is 0.339 e. The molecule has 0 saturated heterocycles. The lowest BCUT2D eigenvalue weighted by Crippen LogP contribution is -2.42. The van der Waals surface area contributed by atoms with E-state index >= 15 is 0 Å². The Morgan fingerprint density at radius 2 is 1.71 bits per heavy atom. The van der Waals surface area contributed by atoms with Crippen LogP contribution in [0.5, 0.6) is 11.5 Å². The molecule has 4 rings (SSSR count). The number of amides is 1. The summed E-state index contributed by atoms with van der Waals surface area (Å²) in [6.07, 6.45) is -0.348. The number of ketones is 1. The Morgan fingerprint density at radius 3 is 2.48 bits per heavy atom. The molecule has 3 aromatic rings. The van der Waals surface area contributed by atoms with Crippen LogP contribution in [0.15, 0.2) is 66.0 Å². The van der Waals surface area contributed by atoms with Crippen molar-refractivity contribution in [3.05, 3.63) is 82.0 Å². The van der Waals surface area contributed by atoms with Gasteiger partial charge in [0, 0.05) is 5.56 Å². The normalized spacial score (nSPS) is 14.5. The number of benzene rings is 2. The fourth-order valence-electron chi connectivity index (χ4n) is 3.05. The summed E-state index contributed by atoms with van der Waals surface area (Å²) >= 11 is 1.29. The molecule has 1 amide bonds. The molecule has 1 N–H and O–H groups in total. The summed E-state index contributed by atoms with van der Waals surface area (Å²) < 4.78 is 16.5. The van der Waals surface area contributed by atoms with Gasteiger partial charge in [0.15, 0.2) is 18.1 Å². The van der Waals surface area contributed by atoms with E-state index in [0.717, 1.165) is 0 Å². The second-order valence-electron chi connectivity index (χ2n) is 6.73. The van der Waals surface area contributed by atoms with Crippen LogP contribution in [0.4, 0.5) is 0 Å². The summed E-state index contributed by atoms with van der Waals surface area (Å²) in [6.45, 7) is 0.0397. The standard InChI is InChI=1S/C23H19NO6S/c25-21(24-12-15-13-28-18-8-3-4-9-19(18)30-15)14-29-23(27)17-7-2-1-6-16(17)22(26)20-10-5-11-31-20/h1-11,15H,12-14H2,(H,24,25). The number of rotatable bonds is 7. The Hall–Kier alpha value is -3.65. The van der Waals surface area contributed by atoms with Crippen molar-refractivity contribution >= 4 is 29.0 Å². The van der Waals surface area contributed by atoms with Crippen molar-refractivity contribution in [1.82, 2.24) is 5.32 Å². The first kappa shape index (κ1) is 20.6. The maximum absolute atomic E-state index is 12.6. The number of carbonyl (C=O) groups is 3. The lowest BCUT2D eigenvalue weighted by molar-refractivity contribution is -0.124. The first-order valence-electron chi connectivity index (χ1n) is 9.61. The van der Waals surface area contributed by atoms with Crippen molar-refractivity contribution in [1.29, 1.82) is 0 Å². The highest BCUT2D eigenvalue weighted by atomic mass is 32.1. The zero-order valence-corrected chi connectivity index (χ0v) is 17.2. The molecule has 1 unspecified atom stereocenters. The third kappa shape index (κ3) is 4.92. The molecule has 2 heterocycles. The molecule has 1 atom stereocenters. The Balaban J connectivity index is 1.29. The number of carbonyl (C=O) groups excluding carboxylic acids is 3. The molecule has 0 aliphatic carbocycles. The van der Waals surface area contributed by atoms with E-state index in [4.69, 9.17) is 14.2 Å². The molecule has 0 fully saturated rings. The van der Waals surface area contributed by atoms with Crippen molar-refractivity contribution in [3.8, 4) is 11.5 Å². The molecule has 1 aliphatic rings. The van der Waals surface area contributed by atoms with Gasteiger partial charge in [-0.3, -0.25) is 9.59 Å². The monoisotopic (exact) mass is 437 g/mol. The lowest BCUT2D eigenvalue weighted by atomic mass is 10.0. The Bertz CT molecular complexity index is 1090. The van der Waals surface area contributed by atoms with Crippen molar-refractivity contribution in [2.24, 2.45) is 0 Å². The predicted molar refractivity (Wildman–Crippen MR) is 114 cm³/mol. The summed E-state index contributed by atoms with van der Waals surface area (Å²) in [5.74, 6) is -0.192. The third-order valence-electron chi connectivity index (χ3n) is 4.57. The molecule has 31 heavy (non-hydrogen) atoms. The summed E-state index contributed by atoms with van der Waals surface area (Å²) in [7, 11) is 0. The van der Waals surface area contributed by atoms with Gasteiger partial charge in [0.1, 0.15) is 12.7 Å². The van der Waals surface area contributed by atoms with Gasteiger partial charge in [-0.05, 0) is 29.6 Å². The molecule has 0 bridgehead atoms. The molecule has 0 radical (unpaired) electrons. The van der Waals surface area contributed by atoms with E-state index in [2.05, 4.69) is 5.32 Å². The Labute approximate surface area is 182 Å². The molecule has 1 aromatic heterocycles. The van der Waals surface area contributed by atoms with Gasteiger partial charge in [-0.25, -0.2) is 4.79 Å². The molecular weight excluding hydrogens is 418 g/mol. The van der Waals surface area contributed by atoms with Gasteiger partial charge in [0.05, 0.1) is 17.0 Å². The van der Waals surface area contributed by atoms with Crippen LogP contribution in [0.1, 0.15) is 25.6 Å². The van der Waals surface area contributed by atoms with E-state index in [9.17, 15) is 14.4 Å². The minimum atomic E-state index is -0.734. The number of nitrogens with one attached hydrogen (secondary N) is 1. The zero-order chi connectivity index (χ0) is 21.6. The van der Waals surface area contributed by atoms with Gasteiger partial charge >= 0.3 is 5.97 Å². The van der Waals surface area contributed by atoms with Crippen LogP contribution >= 0.6 is 11.3 Å². The Morgan fingerprint density at radius 1 is 0.968 bits per heavy atom. The molecule has 2 aromatic carbocycles. The van der Waals surface area contributed by atoms with Crippen LogP contribution in [0.3, 0.4) is 0 Å². The lowest BCUT2D eigenvalue weighted by Gasteiger charge is -2.26. The number of thiophene rings is 1. The maximum atomic E-state index is 12.6. The molecule has 0 spiro atoms. The molecule has 158 valence electrons. The number of esters is 1. The average Bonchev–Trinajstić information content (AvgIpc) is 3.35. The minimum Gasteiger partial charge on any atom is -0.486 e. The molecule has 0 saturated carbocycles. The molecule has 8 heteroatoms. The van der Waals surface area contributed by atoms with Crippen LogP contribution < -0.4 is 14.8 Å². The van der Waals surface area contributed by atoms with Crippen LogP contribution in [0.25, 0.3) is 0 Å². The fourth-order valence-corrected chi connectivity index (χ4v) is 3.73. The second kappa shape index (κ2) is 9.44. The number of para-hydroxylation sites is 2. The first-order chi connectivity index (χ1) is 15.1. The molecule has 1 aliphatic heterocycles. The van der Waals surface area contributed by atoms with Crippen LogP contribution in [0, 0.1) is 0 Å². The Kier molecular flexibility index (Phi) is 6.28. The first-order valence-corrected chi connectivity index (χ1v) is 10.5. The van der Waals surface area contributed by atoms with E-state index in [1.54, 1.807) is 41.8 Å². The van der Waals surface area contributed by atoms with Gasteiger partial charge in [-0.2, -0.15) is 0 Å². The van der Waals surface area contributed by atoms with E-state index < -0.39 is 18.5 Å². The number of ether oxygens (including phenoxy) is 3. The predicted octanol–water partition coefficient (Wildman–Crippen LogP) is 3.09. The van der Waals surface area contributed by atoms with Crippen LogP contribution in [-0.4, -0.2) is 43.5 Å². The van der Waals surface area contributed by atoms with Gasteiger partial charge in [-0.15, -0.1) is 11.3 Å². The van der Waals surface area contributed by atoms with E-state index in [1.807, 2.05) is 18.2 Å². The number of hydrogen-bond donors (Lipinski definition) is 1. The second-order valence-corrected chi connectivity index (χ2v) is 7.68. The topological polar surface area (TPSA) is 90.9 Å². The number of fused-ring (bicyclic) bond motifs is 1. The SMILES string of the molecule is O=C(COC(=O)c1ccccc1C(=O)c1cccs1)NCC1COc2ccccc2O1. The fraction of sp³-hybridized carbons (Fsp3) is 0.174. The quantitative estimate of drug-likeness (QED) is 0.451. The maximum Gasteiger partial charge on any atom is 0.339 e. The summed E-state index contributed by atoms with van der Waals surface area (Å²) in [5, 5.41) is 4.45. The highest BCUT2D eigenvalue weighted by Gasteiger charge is 2.23. The highest BCUT2D eigenvalue weighted by Crippen LogP contribution is 2.30. The van der Waals surface area contributed by atoms with Crippen LogP contribution in [-0.2, 0) is 9.53 Å². The largest absolute Gasteiger partial charge is 0.486 e. The van der Waals surface area contributed by atoms with Gasteiger partial charge < -0.3 is 19.5 Å². The summed E-state index contributed by atoms with van der Waals surface area (Å²) in [4.78, 5) is 37.8. The van der Waals surface area contributed by atoms with Crippen molar-refractivity contribution in [2.75, 3.05) is 19.8 Å². The van der Waals surface area contributed by atoms with Gasteiger partial charge in [0.25, 0.3) is 5.91 Å².